The largest absolute Gasteiger partial charge is 0.325 e. The number of aryl methyl sites for hydroxylation is 3. The fourth-order valence-electron chi connectivity index (χ4n) is 2.26. The Balaban J connectivity index is 2.11. The first-order chi connectivity index (χ1) is 11.2. The zero-order valence-electron chi connectivity index (χ0n) is 14.9. The molecule has 4 nitrogen and oxygen atoms in total. The molecular weight excluding hydrogens is 300 g/mol. The van der Waals surface area contributed by atoms with E-state index in [0.29, 0.717) is 5.69 Å². The third-order valence-electron chi connectivity index (χ3n) is 4.07. The summed E-state index contributed by atoms with van der Waals surface area (Å²) in [5.41, 5.74) is 3.42. The summed E-state index contributed by atoms with van der Waals surface area (Å²) in [6.45, 7) is 9.15. The monoisotopic (exact) mass is 324 g/mol. The summed E-state index contributed by atoms with van der Waals surface area (Å²) < 4.78 is 0. The average Bonchev–Trinajstić information content (AvgIpc) is 2.52. The van der Waals surface area contributed by atoms with Gasteiger partial charge in [0.15, 0.2) is 0 Å². The number of carbonyl (C=O) groups excluding carboxylic acids is 2. The molecule has 0 saturated heterocycles. The molecule has 2 rings (SSSR count). The highest BCUT2D eigenvalue weighted by atomic mass is 16.2. The van der Waals surface area contributed by atoms with E-state index >= 15 is 0 Å². The lowest BCUT2D eigenvalue weighted by Gasteiger charge is -2.23. The van der Waals surface area contributed by atoms with Crippen LogP contribution in [0.4, 0.5) is 11.4 Å². The highest BCUT2D eigenvalue weighted by Gasteiger charge is 2.36. The van der Waals surface area contributed by atoms with E-state index in [0.717, 1.165) is 22.4 Å². The summed E-state index contributed by atoms with van der Waals surface area (Å²) in [5, 5.41) is 5.65. The van der Waals surface area contributed by atoms with Crippen LogP contribution >= 0.6 is 0 Å². The smallest absolute Gasteiger partial charge is 0.239 e. The number of nitrogens with one attached hydrogen (secondary N) is 2. The van der Waals surface area contributed by atoms with E-state index in [-0.39, 0.29) is 11.8 Å². The van der Waals surface area contributed by atoms with Crippen molar-refractivity contribution in [2.45, 2.75) is 34.6 Å². The molecule has 0 bridgehead atoms. The van der Waals surface area contributed by atoms with Crippen LogP contribution in [-0.2, 0) is 9.59 Å². The van der Waals surface area contributed by atoms with E-state index in [1.54, 1.807) is 13.8 Å². The van der Waals surface area contributed by atoms with Crippen LogP contribution in [0.2, 0.25) is 0 Å². The molecule has 0 radical (unpaired) electrons. The Morgan fingerprint density at radius 1 is 0.792 bits per heavy atom. The maximum Gasteiger partial charge on any atom is 0.239 e. The van der Waals surface area contributed by atoms with Crippen LogP contribution < -0.4 is 10.6 Å². The van der Waals surface area contributed by atoms with Gasteiger partial charge in [0.2, 0.25) is 11.8 Å². The van der Waals surface area contributed by atoms with Crippen LogP contribution in [0.1, 0.15) is 30.5 Å². The Morgan fingerprint density at radius 2 is 1.33 bits per heavy atom. The summed E-state index contributed by atoms with van der Waals surface area (Å²) in [6.07, 6.45) is 0. The summed E-state index contributed by atoms with van der Waals surface area (Å²) >= 11 is 0. The maximum absolute atomic E-state index is 12.6. The second-order valence-electron chi connectivity index (χ2n) is 6.72. The van der Waals surface area contributed by atoms with Crippen molar-refractivity contribution < 1.29 is 9.59 Å². The normalized spacial score (nSPS) is 11.0. The quantitative estimate of drug-likeness (QED) is 0.828. The van der Waals surface area contributed by atoms with Gasteiger partial charge in [0.25, 0.3) is 0 Å². The lowest BCUT2D eigenvalue weighted by molar-refractivity contribution is -0.135. The van der Waals surface area contributed by atoms with Gasteiger partial charge in [-0.2, -0.15) is 0 Å². The molecule has 126 valence electrons. The Morgan fingerprint density at radius 3 is 1.92 bits per heavy atom. The Labute approximate surface area is 143 Å². The maximum atomic E-state index is 12.6. The van der Waals surface area contributed by atoms with Crippen LogP contribution in [-0.4, -0.2) is 11.8 Å². The first kappa shape index (κ1) is 17.7. The van der Waals surface area contributed by atoms with Gasteiger partial charge in [-0.25, -0.2) is 0 Å². The Bertz CT molecular complexity index is 762. The summed E-state index contributed by atoms with van der Waals surface area (Å²) in [6, 6.07) is 13.3. The van der Waals surface area contributed by atoms with Crippen molar-refractivity contribution in [1.29, 1.82) is 0 Å². The number of amides is 2. The molecule has 2 amide bonds. The second kappa shape index (κ2) is 6.87. The molecule has 0 heterocycles. The summed E-state index contributed by atoms with van der Waals surface area (Å²) in [5.74, 6) is -0.673. The van der Waals surface area contributed by atoms with Gasteiger partial charge in [-0.1, -0.05) is 35.4 Å². The van der Waals surface area contributed by atoms with E-state index in [2.05, 4.69) is 10.6 Å². The fourth-order valence-corrected chi connectivity index (χ4v) is 2.26. The second-order valence-corrected chi connectivity index (χ2v) is 6.72. The molecule has 2 aromatic carbocycles. The predicted octanol–water partition coefficient (Wildman–Crippen LogP) is 4.22. The van der Waals surface area contributed by atoms with E-state index in [1.165, 1.54) is 0 Å². The van der Waals surface area contributed by atoms with Crippen molar-refractivity contribution in [2.75, 3.05) is 10.6 Å². The molecule has 0 unspecified atom stereocenters. The van der Waals surface area contributed by atoms with Crippen molar-refractivity contribution in [1.82, 2.24) is 0 Å². The van der Waals surface area contributed by atoms with Gasteiger partial charge in [0.1, 0.15) is 5.41 Å². The van der Waals surface area contributed by atoms with Crippen LogP contribution in [0.5, 0.6) is 0 Å². The molecule has 2 N–H and O–H groups in total. The zero-order valence-corrected chi connectivity index (χ0v) is 14.9. The van der Waals surface area contributed by atoms with Gasteiger partial charge in [0.05, 0.1) is 0 Å². The van der Waals surface area contributed by atoms with Crippen LogP contribution in [0.15, 0.2) is 42.5 Å². The third-order valence-corrected chi connectivity index (χ3v) is 4.07. The van der Waals surface area contributed by atoms with E-state index in [9.17, 15) is 9.59 Å². The van der Waals surface area contributed by atoms with Gasteiger partial charge >= 0.3 is 0 Å². The first-order valence-electron chi connectivity index (χ1n) is 7.97. The molecule has 2 aromatic rings. The van der Waals surface area contributed by atoms with Gasteiger partial charge in [-0.15, -0.1) is 0 Å². The molecule has 24 heavy (non-hydrogen) atoms. The minimum atomic E-state index is -1.19. The molecule has 0 aliphatic carbocycles. The molecule has 0 atom stereocenters. The number of carbonyl (C=O) groups is 2. The van der Waals surface area contributed by atoms with Crippen molar-refractivity contribution in [2.24, 2.45) is 5.41 Å². The number of hydrogen-bond acceptors (Lipinski definition) is 2. The fraction of sp³-hybridized carbons (Fsp3) is 0.300. The van der Waals surface area contributed by atoms with Gasteiger partial charge in [0, 0.05) is 11.4 Å². The van der Waals surface area contributed by atoms with Crippen molar-refractivity contribution in [3.63, 3.8) is 0 Å². The molecule has 4 heteroatoms. The first-order valence-corrected chi connectivity index (χ1v) is 7.97. The van der Waals surface area contributed by atoms with Crippen molar-refractivity contribution >= 4 is 23.2 Å². The topological polar surface area (TPSA) is 58.2 Å². The average molecular weight is 324 g/mol. The minimum Gasteiger partial charge on any atom is -0.325 e. The molecule has 0 spiro atoms. The summed E-state index contributed by atoms with van der Waals surface area (Å²) in [7, 11) is 0. The highest BCUT2D eigenvalue weighted by molar-refractivity contribution is 6.14. The SMILES string of the molecule is Cc1ccc(NC(=O)C(C)(C)C(=O)Nc2ccc(C)cc2C)cc1. The third kappa shape index (κ3) is 4.02. The molecule has 0 fully saturated rings. The molecule has 0 aliphatic rings. The number of rotatable bonds is 4. The predicted molar refractivity (Wildman–Crippen MR) is 98.1 cm³/mol. The molecule has 0 aromatic heterocycles. The van der Waals surface area contributed by atoms with E-state index < -0.39 is 5.41 Å². The van der Waals surface area contributed by atoms with Crippen LogP contribution in [0.25, 0.3) is 0 Å². The number of hydrogen-bond donors (Lipinski definition) is 2. The molecular formula is C20H24N2O2. The van der Waals surface area contributed by atoms with Crippen LogP contribution in [0, 0.1) is 26.2 Å². The Kier molecular flexibility index (Phi) is 5.07. The standard InChI is InChI=1S/C20H24N2O2/c1-13-6-9-16(10-7-13)21-18(23)20(4,5)19(24)22-17-11-8-14(2)12-15(17)3/h6-12H,1-5H3,(H,21,23)(H,22,24). The van der Waals surface area contributed by atoms with Gasteiger partial charge < -0.3 is 10.6 Å². The lowest BCUT2D eigenvalue weighted by Crippen LogP contribution is -2.41. The Hall–Kier alpha value is -2.62. The van der Waals surface area contributed by atoms with Crippen LogP contribution in [0.3, 0.4) is 0 Å². The van der Waals surface area contributed by atoms with E-state index in [1.807, 2.05) is 63.2 Å². The van der Waals surface area contributed by atoms with Gasteiger partial charge in [-0.05, 0) is 58.4 Å². The lowest BCUT2D eigenvalue weighted by atomic mass is 9.90. The summed E-state index contributed by atoms with van der Waals surface area (Å²) in [4.78, 5) is 25.1. The van der Waals surface area contributed by atoms with Gasteiger partial charge in [-0.3, -0.25) is 9.59 Å². The van der Waals surface area contributed by atoms with Crippen molar-refractivity contribution in [3.05, 3.63) is 59.2 Å². The number of anilines is 2. The van der Waals surface area contributed by atoms with Crippen molar-refractivity contribution in [3.8, 4) is 0 Å². The highest BCUT2D eigenvalue weighted by Crippen LogP contribution is 2.23. The molecule has 0 saturated carbocycles. The molecule has 0 aliphatic heterocycles. The van der Waals surface area contributed by atoms with E-state index in [4.69, 9.17) is 0 Å². The number of benzene rings is 2. The zero-order chi connectivity index (χ0) is 17.9. The minimum absolute atomic E-state index is 0.334.